The fourth-order valence-electron chi connectivity index (χ4n) is 3.36. The number of benzene rings is 2. The number of methoxy groups -OCH3 is 1. The van der Waals surface area contributed by atoms with E-state index in [2.05, 4.69) is 52.8 Å². The quantitative estimate of drug-likeness (QED) is 0.352. The second-order valence-corrected chi connectivity index (χ2v) is 6.77. The highest BCUT2D eigenvalue weighted by molar-refractivity contribution is 14.0. The molecule has 0 spiro atoms. The van der Waals surface area contributed by atoms with E-state index in [1.54, 1.807) is 7.11 Å². The topological polar surface area (TPSA) is 48.9 Å². The number of hydrogen-bond acceptors (Lipinski definition) is 3. The zero-order valence-electron chi connectivity index (χ0n) is 16.8. The lowest BCUT2D eigenvalue weighted by molar-refractivity contribution is 0.258. The van der Waals surface area contributed by atoms with Gasteiger partial charge in [0, 0.05) is 32.7 Å². The number of halogens is 1. The van der Waals surface area contributed by atoms with E-state index in [9.17, 15) is 0 Å². The van der Waals surface area contributed by atoms with Crippen LogP contribution in [0.1, 0.15) is 23.6 Å². The highest BCUT2D eigenvalue weighted by Crippen LogP contribution is 2.17. The smallest absolute Gasteiger partial charge is 0.191 e. The predicted molar refractivity (Wildman–Crippen MR) is 127 cm³/mol. The third-order valence-electron chi connectivity index (χ3n) is 4.83. The molecule has 28 heavy (non-hydrogen) atoms. The summed E-state index contributed by atoms with van der Waals surface area (Å²) in [6.45, 7) is 7.62. The fraction of sp³-hybridized carbons (Fsp3) is 0.409. The van der Waals surface area contributed by atoms with E-state index >= 15 is 0 Å². The largest absolute Gasteiger partial charge is 0.497 e. The summed E-state index contributed by atoms with van der Waals surface area (Å²) in [6, 6.07) is 16.8. The summed E-state index contributed by atoms with van der Waals surface area (Å²) < 4.78 is 5.28. The van der Waals surface area contributed by atoms with Gasteiger partial charge in [0.05, 0.1) is 13.7 Å². The molecule has 1 aliphatic heterocycles. The minimum absolute atomic E-state index is 0. The van der Waals surface area contributed by atoms with Crippen LogP contribution >= 0.6 is 24.0 Å². The van der Waals surface area contributed by atoms with Crippen molar-refractivity contribution >= 4 is 29.9 Å². The number of rotatable bonds is 7. The van der Waals surface area contributed by atoms with Crippen LogP contribution in [0, 0.1) is 0 Å². The normalized spacial score (nSPS) is 14.0. The van der Waals surface area contributed by atoms with Gasteiger partial charge in [0.15, 0.2) is 5.96 Å². The van der Waals surface area contributed by atoms with Crippen molar-refractivity contribution in [2.45, 2.75) is 26.4 Å². The lowest BCUT2D eigenvalue weighted by atomic mass is 10.00. The van der Waals surface area contributed by atoms with Gasteiger partial charge in [0.1, 0.15) is 5.75 Å². The number of ether oxygens (including phenoxy) is 1. The summed E-state index contributed by atoms with van der Waals surface area (Å²) in [4.78, 5) is 7.20. The molecule has 2 aromatic rings. The van der Waals surface area contributed by atoms with Gasteiger partial charge in [-0.25, -0.2) is 4.99 Å². The first-order valence-electron chi connectivity index (χ1n) is 9.72. The Bertz CT molecular complexity index is 766. The SMILES string of the molecule is CCNC(=NCc1cccc(OC)c1)NCCN1CCc2ccccc2C1.I. The van der Waals surface area contributed by atoms with Crippen LogP contribution in [0.4, 0.5) is 0 Å². The molecule has 0 unspecified atom stereocenters. The molecule has 0 bridgehead atoms. The Morgan fingerprint density at radius 2 is 1.93 bits per heavy atom. The number of hydrogen-bond donors (Lipinski definition) is 2. The van der Waals surface area contributed by atoms with Crippen LogP contribution < -0.4 is 15.4 Å². The molecular formula is C22H31IN4O. The summed E-state index contributed by atoms with van der Waals surface area (Å²) >= 11 is 0. The molecule has 3 rings (SSSR count). The van der Waals surface area contributed by atoms with Crippen LogP contribution in [0.5, 0.6) is 5.75 Å². The maximum atomic E-state index is 5.28. The highest BCUT2D eigenvalue weighted by Gasteiger charge is 2.15. The summed E-state index contributed by atoms with van der Waals surface area (Å²) in [5.74, 6) is 1.73. The number of nitrogens with zero attached hydrogens (tertiary/aromatic N) is 2. The van der Waals surface area contributed by atoms with Gasteiger partial charge in [0.2, 0.25) is 0 Å². The highest BCUT2D eigenvalue weighted by atomic mass is 127. The third-order valence-corrected chi connectivity index (χ3v) is 4.83. The molecule has 0 saturated carbocycles. The monoisotopic (exact) mass is 494 g/mol. The van der Waals surface area contributed by atoms with Crippen molar-refractivity contribution in [3.8, 4) is 5.75 Å². The summed E-state index contributed by atoms with van der Waals surface area (Å²) in [5.41, 5.74) is 4.09. The van der Waals surface area contributed by atoms with E-state index in [1.807, 2.05) is 18.2 Å². The van der Waals surface area contributed by atoms with Gasteiger partial charge in [-0.2, -0.15) is 0 Å². The first-order chi connectivity index (χ1) is 13.3. The number of aliphatic imine (C=N–C) groups is 1. The van der Waals surface area contributed by atoms with E-state index in [4.69, 9.17) is 9.73 Å². The van der Waals surface area contributed by atoms with Crippen molar-refractivity contribution in [2.24, 2.45) is 4.99 Å². The molecule has 2 N–H and O–H groups in total. The van der Waals surface area contributed by atoms with Crippen LogP contribution in [-0.4, -0.2) is 44.1 Å². The van der Waals surface area contributed by atoms with Crippen molar-refractivity contribution in [1.82, 2.24) is 15.5 Å². The summed E-state index contributed by atoms with van der Waals surface area (Å²) in [7, 11) is 1.69. The molecule has 0 atom stereocenters. The molecule has 0 amide bonds. The molecule has 152 valence electrons. The van der Waals surface area contributed by atoms with Crippen LogP contribution in [0.15, 0.2) is 53.5 Å². The van der Waals surface area contributed by atoms with Crippen LogP contribution in [0.25, 0.3) is 0 Å². The molecular weight excluding hydrogens is 463 g/mol. The Morgan fingerprint density at radius 3 is 2.71 bits per heavy atom. The average molecular weight is 494 g/mol. The van der Waals surface area contributed by atoms with E-state index in [-0.39, 0.29) is 24.0 Å². The zero-order chi connectivity index (χ0) is 18.9. The maximum Gasteiger partial charge on any atom is 0.191 e. The molecule has 1 heterocycles. The molecule has 0 saturated heterocycles. The molecule has 5 nitrogen and oxygen atoms in total. The van der Waals surface area contributed by atoms with Crippen molar-refractivity contribution in [3.63, 3.8) is 0 Å². The summed E-state index contributed by atoms with van der Waals surface area (Å²) in [5, 5.41) is 6.78. The standard InChI is InChI=1S/C22H30N4O.HI/c1-3-23-22(25-16-18-7-6-10-21(15-18)27-2)24-12-14-26-13-11-19-8-4-5-9-20(19)17-26;/h4-10,15H,3,11-14,16-17H2,1-2H3,(H2,23,24,25);1H. The predicted octanol–water partition coefficient (Wildman–Crippen LogP) is 3.43. The van der Waals surface area contributed by atoms with Crippen LogP contribution in [0.2, 0.25) is 0 Å². The first-order valence-corrected chi connectivity index (χ1v) is 9.72. The molecule has 0 aliphatic carbocycles. The van der Waals surface area contributed by atoms with E-state index < -0.39 is 0 Å². The average Bonchev–Trinajstić information content (AvgIpc) is 2.72. The van der Waals surface area contributed by atoms with Crippen molar-refractivity contribution in [3.05, 3.63) is 65.2 Å². The van der Waals surface area contributed by atoms with E-state index in [0.29, 0.717) is 6.54 Å². The summed E-state index contributed by atoms with van der Waals surface area (Å²) in [6.07, 6.45) is 1.14. The molecule has 0 fully saturated rings. The molecule has 6 heteroatoms. The van der Waals surface area contributed by atoms with Gasteiger partial charge in [-0.15, -0.1) is 24.0 Å². The van der Waals surface area contributed by atoms with Crippen molar-refractivity contribution in [1.29, 1.82) is 0 Å². The Kier molecular flexibility index (Phi) is 9.57. The van der Waals surface area contributed by atoms with E-state index in [0.717, 1.165) is 56.4 Å². The third kappa shape index (κ3) is 6.67. The van der Waals surface area contributed by atoms with Crippen LogP contribution in [0.3, 0.4) is 0 Å². The van der Waals surface area contributed by atoms with Gasteiger partial charge in [0.25, 0.3) is 0 Å². The second-order valence-electron chi connectivity index (χ2n) is 6.77. The van der Waals surface area contributed by atoms with Crippen molar-refractivity contribution in [2.75, 3.05) is 33.3 Å². The Balaban J connectivity index is 0.00000280. The first kappa shape index (κ1) is 22.5. The Hall–Kier alpha value is -1.80. The lowest BCUT2D eigenvalue weighted by Gasteiger charge is -2.28. The van der Waals surface area contributed by atoms with Gasteiger partial charge < -0.3 is 15.4 Å². The number of guanidine groups is 1. The maximum absolute atomic E-state index is 5.28. The van der Waals surface area contributed by atoms with Crippen molar-refractivity contribution < 1.29 is 4.74 Å². The van der Waals surface area contributed by atoms with Crippen LogP contribution in [-0.2, 0) is 19.5 Å². The fourth-order valence-corrected chi connectivity index (χ4v) is 3.36. The second kappa shape index (κ2) is 11.9. The Morgan fingerprint density at radius 1 is 1.11 bits per heavy atom. The van der Waals surface area contributed by atoms with E-state index in [1.165, 1.54) is 11.1 Å². The molecule has 1 aliphatic rings. The minimum Gasteiger partial charge on any atom is -0.497 e. The molecule has 2 aromatic carbocycles. The Labute approximate surface area is 185 Å². The van der Waals surface area contributed by atoms with Gasteiger partial charge in [-0.05, 0) is 42.2 Å². The minimum atomic E-state index is 0. The zero-order valence-corrected chi connectivity index (χ0v) is 19.1. The molecule has 0 aromatic heterocycles. The lowest BCUT2D eigenvalue weighted by Crippen LogP contribution is -2.42. The molecule has 0 radical (unpaired) electrons. The van der Waals surface area contributed by atoms with Gasteiger partial charge >= 0.3 is 0 Å². The van der Waals surface area contributed by atoms with Gasteiger partial charge in [-0.1, -0.05) is 36.4 Å². The van der Waals surface area contributed by atoms with Gasteiger partial charge in [-0.3, -0.25) is 4.90 Å². The number of nitrogens with one attached hydrogen (secondary N) is 2. The number of fused-ring (bicyclic) bond motifs is 1.